The molecule has 1 aromatic heterocycles. The Bertz CT molecular complexity index is 694. The second-order valence-corrected chi connectivity index (χ2v) is 4.73. The molecule has 0 radical (unpaired) electrons. The van der Waals surface area contributed by atoms with E-state index in [0.29, 0.717) is 36.4 Å². The Morgan fingerprint density at radius 1 is 1.38 bits per heavy atom. The van der Waals surface area contributed by atoms with E-state index in [0.717, 1.165) is 0 Å². The number of carbonyl (C=O) groups is 1. The van der Waals surface area contributed by atoms with Crippen molar-refractivity contribution in [2.75, 3.05) is 20.3 Å². The summed E-state index contributed by atoms with van der Waals surface area (Å²) < 4.78 is 6.40. The number of methoxy groups -OCH3 is 1. The van der Waals surface area contributed by atoms with Crippen LogP contribution in [-0.4, -0.2) is 35.7 Å². The van der Waals surface area contributed by atoms with Crippen LogP contribution in [0.1, 0.15) is 12.2 Å². The quantitative estimate of drug-likeness (QED) is 0.800. The smallest absolute Gasteiger partial charge is 0.261 e. The molecule has 6 heteroatoms. The molecule has 2 rings (SSSR count). The number of hydrogen-bond donors (Lipinski definition) is 1. The number of amides is 1. The zero-order valence-corrected chi connectivity index (χ0v) is 12.3. The lowest BCUT2D eigenvalue weighted by atomic mass is 10.2. The van der Waals surface area contributed by atoms with E-state index >= 15 is 0 Å². The van der Waals surface area contributed by atoms with Crippen molar-refractivity contribution in [3.8, 4) is 0 Å². The molecule has 0 aliphatic carbocycles. The van der Waals surface area contributed by atoms with Crippen LogP contribution in [0.2, 0.25) is 0 Å². The van der Waals surface area contributed by atoms with Crippen molar-refractivity contribution in [2.45, 2.75) is 19.9 Å². The van der Waals surface area contributed by atoms with Crippen molar-refractivity contribution in [1.29, 1.82) is 0 Å². The van der Waals surface area contributed by atoms with E-state index in [-0.39, 0.29) is 17.9 Å². The maximum Gasteiger partial charge on any atom is 0.261 e. The summed E-state index contributed by atoms with van der Waals surface area (Å²) in [6.07, 6.45) is 0.241. The summed E-state index contributed by atoms with van der Waals surface area (Å²) in [5, 5.41) is 3.30. The van der Waals surface area contributed by atoms with Gasteiger partial charge in [0.25, 0.3) is 5.56 Å². The number of ether oxygens (including phenoxy) is 1. The third kappa shape index (κ3) is 3.66. The molecule has 1 aromatic carbocycles. The summed E-state index contributed by atoms with van der Waals surface area (Å²) in [5.74, 6) is 0.509. The number of rotatable bonds is 6. The van der Waals surface area contributed by atoms with Crippen molar-refractivity contribution >= 4 is 16.8 Å². The minimum atomic E-state index is -0.109. The highest BCUT2D eigenvalue weighted by atomic mass is 16.5. The van der Waals surface area contributed by atoms with Gasteiger partial charge in [0.05, 0.1) is 17.5 Å². The average molecular weight is 289 g/mol. The van der Waals surface area contributed by atoms with E-state index in [4.69, 9.17) is 4.74 Å². The second-order valence-electron chi connectivity index (χ2n) is 4.73. The molecule has 0 spiro atoms. The lowest BCUT2D eigenvalue weighted by Gasteiger charge is -2.10. The summed E-state index contributed by atoms with van der Waals surface area (Å²) in [6, 6.07) is 7.22. The van der Waals surface area contributed by atoms with Gasteiger partial charge in [0.15, 0.2) is 0 Å². The van der Waals surface area contributed by atoms with Crippen LogP contribution in [0.3, 0.4) is 0 Å². The highest BCUT2D eigenvalue weighted by molar-refractivity contribution is 5.77. The van der Waals surface area contributed by atoms with E-state index in [1.54, 1.807) is 20.1 Å². The molecule has 0 bridgehead atoms. The molecular formula is C15H19N3O3. The van der Waals surface area contributed by atoms with Crippen molar-refractivity contribution in [2.24, 2.45) is 0 Å². The molecule has 1 heterocycles. The fourth-order valence-corrected chi connectivity index (χ4v) is 2.14. The molecule has 0 fully saturated rings. The van der Waals surface area contributed by atoms with E-state index in [1.165, 1.54) is 4.57 Å². The van der Waals surface area contributed by atoms with E-state index in [2.05, 4.69) is 10.3 Å². The van der Waals surface area contributed by atoms with Crippen molar-refractivity contribution in [3.63, 3.8) is 0 Å². The molecule has 21 heavy (non-hydrogen) atoms. The van der Waals surface area contributed by atoms with Crippen LogP contribution in [0, 0.1) is 6.92 Å². The SMILES string of the molecule is COCCNC(=O)CCn1c(C)nc2ccccc2c1=O. The predicted octanol–water partition coefficient (Wildman–Crippen LogP) is 0.858. The van der Waals surface area contributed by atoms with Gasteiger partial charge in [-0.05, 0) is 19.1 Å². The van der Waals surface area contributed by atoms with Crippen molar-refractivity contribution in [3.05, 3.63) is 40.4 Å². The Morgan fingerprint density at radius 3 is 2.90 bits per heavy atom. The molecule has 0 saturated carbocycles. The van der Waals surface area contributed by atoms with Gasteiger partial charge in [-0.15, -0.1) is 0 Å². The van der Waals surface area contributed by atoms with E-state index in [9.17, 15) is 9.59 Å². The molecule has 2 aromatic rings. The van der Waals surface area contributed by atoms with Gasteiger partial charge in [0, 0.05) is 26.6 Å². The summed E-state index contributed by atoms with van der Waals surface area (Å²) in [7, 11) is 1.58. The van der Waals surface area contributed by atoms with Gasteiger partial charge in [-0.1, -0.05) is 12.1 Å². The fourth-order valence-electron chi connectivity index (χ4n) is 2.14. The van der Waals surface area contributed by atoms with Gasteiger partial charge in [0.1, 0.15) is 5.82 Å². The molecule has 0 atom stereocenters. The van der Waals surface area contributed by atoms with Gasteiger partial charge in [0.2, 0.25) is 5.91 Å². The normalized spacial score (nSPS) is 10.8. The van der Waals surface area contributed by atoms with Crippen LogP contribution in [-0.2, 0) is 16.1 Å². The first-order valence-electron chi connectivity index (χ1n) is 6.85. The van der Waals surface area contributed by atoms with Crippen LogP contribution in [0.4, 0.5) is 0 Å². The topological polar surface area (TPSA) is 73.2 Å². The predicted molar refractivity (Wildman–Crippen MR) is 80.2 cm³/mol. The third-order valence-electron chi connectivity index (χ3n) is 3.24. The van der Waals surface area contributed by atoms with E-state index < -0.39 is 0 Å². The average Bonchev–Trinajstić information content (AvgIpc) is 2.47. The molecule has 1 N–H and O–H groups in total. The molecule has 0 saturated heterocycles. The Labute approximate surface area is 122 Å². The number of aryl methyl sites for hydroxylation is 1. The molecule has 0 aliphatic rings. The number of para-hydroxylation sites is 1. The van der Waals surface area contributed by atoms with Crippen molar-refractivity contribution in [1.82, 2.24) is 14.9 Å². The number of hydrogen-bond acceptors (Lipinski definition) is 4. The van der Waals surface area contributed by atoms with Crippen LogP contribution < -0.4 is 10.9 Å². The largest absolute Gasteiger partial charge is 0.383 e. The van der Waals surface area contributed by atoms with Crippen LogP contribution in [0.15, 0.2) is 29.1 Å². The molecule has 0 aliphatic heterocycles. The van der Waals surface area contributed by atoms with Gasteiger partial charge < -0.3 is 10.1 Å². The maximum atomic E-state index is 12.4. The highest BCUT2D eigenvalue weighted by Crippen LogP contribution is 2.07. The fraction of sp³-hybridized carbons (Fsp3) is 0.400. The van der Waals surface area contributed by atoms with Crippen LogP contribution >= 0.6 is 0 Å². The first kappa shape index (κ1) is 15.2. The van der Waals surface area contributed by atoms with Crippen molar-refractivity contribution < 1.29 is 9.53 Å². The zero-order chi connectivity index (χ0) is 15.2. The Morgan fingerprint density at radius 2 is 2.14 bits per heavy atom. The Balaban J connectivity index is 2.12. The minimum Gasteiger partial charge on any atom is -0.383 e. The van der Waals surface area contributed by atoms with Gasteiger partial charge >= 0.3 is 0 Å². The summed E-state index contributed by atoms with van der Waals surface area (Å²) in [4.78, 5) is 28.5. The van der Waals surface area contributed by atoms with Gasteiger partial charge in [-0.25, -0.2) is 4.98 Å². The molecule has 6 nitrogen and oxygen atoms in total. The minimum absolute atomic E-state index is 0.105. The maximum absolute atomic E-state index is 12.4. The Hall–Kier alpha value is -2.21. The summed E-state index contributed by atoms with van der Waals surface area (Å²) in [5.41, 5.74) is 0.573. The van der Waals surface area contributed by atoms with Gasteiger partial charge in [-0.2, -0.15) is 0 Å². The number of benzene rings is 1. The lowest BCUT2D eigenvalue weighted by Crippen LogP contribution is -2.30. The molecule has 112 valence electrons. The first-order valence-corrected chi connectivity index (χ1v) is 6.85. The zero-order valence-electron chi connectivity index (χ0n) is 12.3. The molecular weight excluding hydrogens is 270 g/mol. The number of fused-ring (bicyclic) bond motifs is 1. The lowest BCUT2D eigenvalue weighted by molar-refractivity contribution is -0.121. The number of nitrogens with zero attached hydrogens (tertiary/aromatic N) is 2. The first-order chi connectivity index (χ1) is 10.1. The monoisotopic (exact) mass is 289 g/mol. The second kappa shape index (κ2) is 6.99. The van der Waals surface area contributed by atoms with Crippen LogP contribution in [0.25, 0.3) is 10.9 Å². The third-order valence-corrected chi connectivity index (χ3v) is 3.24. The van der Waals surface area contributed by atoms with Gasteiger partial charge in [-0.3, -0.25) is 14.2 Å². The van der Waals surface area contributed by atoms with Crippen LogP contribution in [0.5, 0.6) is 0 Å². The van der Waals surface area contributed by atoms with E-state index in [1.807, 2.05) is 18.2 Å². The molecule has 1 amide bonds. The molecule has 0 unspecified atom stereocenters. The number of carbonyl (C=O) groups excluding carboxylic acids is 1. The summed E-state index contributed by atoms with van der Waals surface area (Å²) >= 11 is 0. The highest BCUT2D eigenvalue weighted by Gasteiger charge is 2.09. The number of nitrogens with one attached hydrogen (secondary N) is 1. The standard InChI is InChI=1S/C15H19N3O3/c1-11-17-13-6-4-3-5-12(13)15(20)18(11)9-7-14(19)16-8-10-21-2/h3-6H,7-10H2,1-2H3,(H,16,19). The summed E-state index contributed by atoms with van der Waals surface area (Å²) in [6.45, 7) is 3.04. The Kier molecular flexibility index (Phi) is 5.05. The number of aromatic nitrogens is 2.